The van der Waals surface area contributed by atoms with Crippen LogP contribution >= 0.6 is 11.3 Å². The van der Waals surface area contributed by atoms with Gasteiger partial charge in [0.15, 0.2) is 0 Å². The molecular weight excluding hydrogens is 362 g/mol. The summed E-state index contributed by atoms with van der Waals surface area (Å²) in [6.07, 6.45) is 4.01. The maximum absolute atomic E-state index is 13.4. The molecule has 0 spiro atoms. The third-order valence-electron chi connectivity index (χ3n) is 5.12. The third kappa shape index (κ3) is 4.05. The zero-order valence-corrected chi connectivity index (χ0v) is 17.8. The molecule has 0 N–H and O–H groups in total. The molecule has 2 aromatic rings. The number of hydrogen-bond donors (Lipinski definition) is 0. The van der Waals surface area contributed by atoms with E-state index in [9.17, 15) is 8.42 Å². The van der Waals surface area contributed by atoms with Crippen molar-refractivity contribution in [1.29, 1.82) is 0 Å². The van der Waals surface area contributed by atoms with Crippen LogP contribution in [0.1, 0.15) is 67.8 Å². The van der Waals surface area contributed by atoms with Gasteiger partial charge in [-0.2, -0.15) is 4.31 Å². The smallest absolute Gasteiger partial charge is 0.207 e. The Morgan fingerprint density at radius 2 is 1.69 bits per heavy atom. The van der Waals surface area contributed by atoms with Gasteiger partial charge in [-0.25, -0.2) is 8.42 Å². The van der Waals surface area contributed by atoms with E-state index in [0.717, 1.165) is 31.2 Å². The highest BCUT2D eigenvalue weighted by Gasteiger charge is 2.34. The van der Waals surface area contributed by atoms with Crippen molar-refractivity contribution in [3.63, 3.8) is 0 Å². The quantitative estimate of drug-likeness (QED) is 0.677. The van der Waals surface area contributed by atoms with E-state index < -0.39 is 10.0 Å². The van der Waals surface area contributed by atoms with Crippen LogP contribution < -0.4 is 0 Å². The Hall–Kier alpha value is -1.17. The highest BCUT2D eigenvalue weighted by molar-refractivity contribution is 7.89. The van der Waals surface area contributed by atoms with Crippen LogP contribution in [0.25, 0.3) is 0 Å². The zero-order valence-electron chi connectivity index (χ0n) is 16.2. The minimum atomic E-state index is -3.50. The molecule has 0 saturated carbocycles. The summed E-state index contributed by atoms with van der Waals surface area (Å²) >= 11 is 1.72. The molecule has 1 saturated heterocycles. The summed E-state index contributed by atoms with van der Waals surface area (Å²) in [4.78, 5) is 2.81. The number of thiophene rings is 1. The first kappa shape index (κ1) is 19.6. The van der Waals surface area contributed by atoms with Crippen molar-refractivity contribution in [1.82, 2.24) is 4.31 Å². The van der Waals surface area contributed by atoms with Crippen molar-refractivity contribution in [2.45, 2.75) is 69.7 Å². The second-order valence-corrected chi connectivity index (χ2v) is 11.4. The lowest BCUT2D eigenvalue weighted by molar-refractivity contribution is 0.333. The number of aryl methyl sites for hydroxylation is 1. The largest absolute Gasteiger partial charge is 0.243 e. The molecule has 1 atom stereocenters. The van der Waals surface area contributed by atoms with Crippen LogP contribution in [0.2, 0.25) is 0 Å². The maximum Gasteiger partial charge on any atom is 0.243 e. The first-order valence-corrected chi connectivity index (χ1v) is 11.6. The minimum Gasteiger partial charge on any atom is -0.207 e. The highest BCUT2D eigenvalue weighted by Crippen LogP contribution is 2.37. The van der Waals surface area contributed by atoms with Crippen molar-refractivity contribution in [2.75, 3.05) is 6.54 Å². The van der Waals surface area contributed by atoms with Crippen LogP contribution in [0, 0.1) is 6.92 Å². The van der Waals surface area contributed by atoms with E-state index in [0.29, 0.717) is 11.4 Å². The highest BCUT2D eigenvalue weighted by atomic mass is 32.2. The van der Waals surface area contributed by atoms with Crippen molar-refractivity contribution in [3.05, 3.63) is 51.7 Å². The molecule has 1 unspecified atom stereocenters. The van der Waals surface area contributed by atoms with E-state index in [-0.39, 0.29) is 11.5 Å². The van der Waals surface area contributed by atoms with E-state index >= 15 is 0 Å². The lowest BCUT2D eigenvalue weighted by Crippen LogP contribution is -2.34. The molecule has 2 heterocycles. The lowest BCUT2D eigenvalue weighted by atomic mass is 9.87. The Bertz CT molecular complexity index is 845. The van der Waals surface area contributed by atoms with E-state index in [1.807, 2.05) is 12.1 Å². The van der Waals surface area contributed by atoms with Gasteiger partial charge >= 0.3 is 0 Å². The molecular formula is C21H29NO2S2. The Morgan fingerprint density at radius 1 is 1.00 bits per heavy atom. The Kier molecular flexibility index (Phi) is 5.61. The summed E-state index contributed by atoms with van der Waals surface area (Å²) < 4.78 is 28.6. The van der Waals surface area contributed by atoms with E-state index in [4.69, 9.17) is 0 Å². The fraction of sp³-hybridized carbons (Fsp3) is 0.524. The van der Waals surface area contributed by atoms with Crippen molar-refractivity contribution < 1.29 is 8.42 Å². The Balaban J connectivity index is 1.97. The number of sulfonamides is 1. The molecule has 1 fully saturated rings. The van der Waals surface area contributed by atoms with Gasteiger partial charge < -0.3 is 0 Å². The zero-order chi connectivity index (χ0) is 18.9. The van der Waals surface area contributed by atoms with Gasteiger partial charge in [0.2, 0.25) is 10.0 Å². The van der Waals surface area contributed by atoms with Crippen LogP contribution in [0.15, 0.2) is 41.3 Å². The normalized spacial score (nSPS) is 20.1. The van der Waals surface area contributed by atoms with E-state index in [1.54, 1.807) is 27.8 Å². The fourth-order valence-electron chi connectivity index (χ4n) is 3.55. The van der Waals surface area contributed by atoms with Crippen LogP contribution in [0.3, 0.4) is 0 Å². The molecule has 142 valence electrons. The molecule has 3 nitrogen and oxygen atoms in total. The van der Waals surface area contributed by atoms with Gasteiger partial charge in [0.05, 0.1) is 10.9 Å². The molecule has 3 rings (SSSR count). The van der Waals surface area contributed by atoms with E-state index in [2.05, 4.69) is 39.8 Å². The minimum absolute atomic E-state index is 0.0158. The van der Waals surface area contributed by atoms with E-state index in [1.165, 1.54) is 9.75 Å². The molecule has 1 aromatic carbocycles. The predicted octanol–water partition coefficient (Wildman–Crippen LogP) is 5.66. The second kappa shape index (κ2) is 7.45. The first-order valence-electron chi connectivity index (χ1n) is 9.38. The summed E-state index contributed by atoms with van der Waals surface area (Å²) in [7, 11) is -3.50. The SMILES string of the molecule is Cc1ccc(C2CCCCCN2S(=O)(=O)c2ccc(C(C)(C)C)cc2)s1. The Labute approximate surface area is 162 Å². The van der Waals surface area contributed by atoms with Gasteiger partial charge in [-0.05, 0) is 55.0 Å². The summed E-state index contributed by atoms with van der Waals surface area (Å²) in [5.74, 6) is 0. The van der Waals surface area contributed by atoms with Gasteiger partial charge in [-0.1, -0.05) is 45.7 Å². The summed E-state index contributed by atoms with van der Waals surface area (Å²) in [6, 6.07) is 11.6. The van der Waals surface area contributed by atoms with Crippen molar-refractivity contribution >= 4 is 21.4 Å². The van der Waals surface area contributed by atoms with Crippen LogP contribution in [-0.2, 0) is 15.4 Å². The lowest BCUT2D eigenvalue weighted by Gasteiger charge is -2.29. The molecule has 5 heteroatoms. The standard InChI is InChI=1S/C21H29NO2S2/c1-16-9-14-20(25-16)19-8-6-5-7-15-22(19)26(23,24)18-12-10-17(11-13-18)21(2,3)4/h9-14,19H,5-8,15H2,1-4H3. The van der Waals surface area contributed by atoms with Gasteiger partial charge in [-0.15, -0.1) is 11.3 Å². The van der Waals surface area contributed by atoms with Crippen molar-refractivity contribution in [2.24, 2.45) is 0 Å². The van der Waals surface area contributed by atoms with Crippen LogP contribution in [0.5, 0.6) is 0 Å². The number of hydrogen-bond acceptors (Lipinski definition) is 3. The maximum atomic E-state index is 13.4. The summed E-state index contributed by atoms with van der Waals surface area (Å²) in [5.41, 5.74) is 1.17. The number of rotatable bonds is 3. The molecule has 0 radical (unpaired) electrons. The molecule has 1 aromatic heterocycles. The molecule has 1 aliphatic heterocycles. The number of nitrogens with zero attached hydrogens (tertiary/aromatic N) is 1. The van der Waals surface area contributed by atoms with Gasteiger partial charge in [0, 0.05) is 16.3 Å². The summed E-state index contributed by atoms with van der Waals surface area (Å²) in [6.45, 7) is 9.10. The predicted molar refractivity (Wildman–Crippen MR) is 109 cm³/mol. The van der Waals surface area contributed by atoms with Crippen molar-refractivity contribution in [3.8, 4) is 0 Å². The molecule has 1 aliphatic rings. The van der Waals surface area contributed by atoms with Crippen LogP contribution in [0.4, 0.5) is 0 Å². The average Bonchev–Trinajstić information content (AvgIpc) is 2.86. The average molecular weight is 392 g/mol. The van der Waals surface area contributed by atoms with Gasteiger partial charge in [-0.3, -0.25) is 0 Å². The van der Waals surface area contributed by atoms with Gasteiger partial charge in [0.1, 0.15) is 0 Å². The third-order valence-corrected chi connectivity index (χ3v) is 8.14. The Morgan fingerprint density at radius 3 is 2.27 bits per heavy atom. The molecule has 26 heavy (non-hydrogen) atoms. The molecule has 0 aliphatic carbocycles. The topological polar surface area (TPSA) is 37.4 Å². The number of benzene rings is 1. The monoisotopic (exact) mass is 391 g/mol. The first-order chi connectivity index (χ1) is 12.2. The summed E-state index contributed by atoms with van der Waals surface area (Å²) in [5, 5.41) is 0. The van der Waals surface area contributed by atoms with Gasteiger partial charge in [0.25, 0.3) is 0 Å². The fourth-order valence-corrected chi connectivity index (χ4v) is 6.31. The second-order valence-electron chi connectivity index (χ2n) is 8.20. The molecule has 0 bridgehead atoms. The molecule has 0 amide bonds. The van der Waals surface area contributed by atoms with Crippen LogP contribution in [-0.4, -0.2) is 19.3 Å².